The maximum atomic E-state index is 12.4. The fourth-order valence-corrected chi connectivity index (χ4v) is 11.7. The topological polar surface area (TPSA) is 72.8 Å². The van der Waals surface area contributed by atoms with E-state index in [4.69, 9.17) is 9.47 Å². The molecule has 0 aromatic heterocycles. The average Bonchev–Trinajstić information content (AvgIpc) is 3.54. The summed E-state index contributed by atoms with van der Waals surface area (Å²) in [5, 5.41) is 9.72. The van der Waals surface area contributed by atoms with E-state index >= 15 is 0 Å². The normalized spacial score (nSPS) is 12.5. The standard InChI is InChI=1S/C81H148O5/c1-3-5-7-9-11-13-15-17-19-21-23-25-27-29-31-33-35-36-37-38-39-40-41-42-43-44-46-48-50-52-54-56-58-60-62-64-66-68-70-72-74-76-81(84)86-79(77-82)78-85-80(83)75-73-71-69-67-65-63-61-59-57-55-53-51-49-47-45-34-32-30-28-26-24-22-20-18-16-14-12-10-8-6-4-2/h15-18,21-24,27-30,79,82H,3-14,19-20,25-26,31-78H2,1-2H3/b17-15-,18-16-,23-21-,24-22-,29-27-,30-28-. The molecule has 86 heavy (non-hydrogen) atoms. The second-order valence-electron chi connectivity index (χ2n) is 26.1. The largest absolute Gasteiger partial charge is 0.462 e. The number of esters is 2. The molecule has 0 aliphatic carbocycles. The molecule has 5 nitrogen and oxygen atoms in total. The second-order valence-corrected chi connectivity index (χ2v) is 26.1. The van der Waals surface area contributed by atoms with Crippen molar-refractivity contribution in [3.8, 4) is 0 Å². The van der Waals surface area contributed by atoms with Crippen molar-refractivity contribution in [3.63, 3.8) is 0 Å². The SMILES string of the molecule is CCCCCCC/C=C\C/C=C\C/C=C\CCCCCCCCCCCCCCCCCCCCCCCCCCCCC(=O)OC(CO)COC(=O)CCCCCCCCCCCCCCCCCC/C=C\C/C=C\C/C=C\CCCCCCC. The number of rotatable bonds is 72. The first-order valence-electron chi connectivity index (χ1n) is 38.5. The van der Waals surface area contributed by atoms with E-state index < -0.39 is 6.10 Å². The Morgan fingerprint density at radius 1 is 0.267 bits per heavy atom. The molecule has 0 fully saturated rings. The summed E-state index contributed by atoms with van der Waals surface area (Å²) < 4.78 is 10.8. The predicted molar refractivity (Wildman–Crippen MR) is 380 cm³/mol. The summed E-state index contributed by atoms with van der Waals surface area (Å²) in [6, 6.07) is 0. The Kier molecular flexibility index (Phi) is 74.2. The minimum absolute atomic E-state index is 0.0621. The molecule has 0 saturated carbocycles. The second kappa shape index (κ2) is 76.6. The predicted octanol–water partition coefficient (Wildman–Crippen LogP) is 27.0. The third-order valence-electron chi connectivity index (χ3n) is 17.5. The highest BCUT2D eigenvalue weighted by molar-refractivity contribution is 5.70. The highest BCUT2D eigenvalue weighted by Gasteiger charge is 2.16. The first kappa shape index (κ1) is 83.3. The van der Waals surface area contributed by atoms with E-state index in [0.29, 0.717) is 12.8 Å². The number of hydrogen-bond donors (Lipinski definition) is 1. The molecule has 0 bridgehead atoms. The van der Waals surface area contributed by atoms with Crippen molar-refractivity contribution in [3.05, 3.63) is 72.9 Å². The van der Waals surface area contributed by atoms with E-state index in [9.17, 15) is 14.7 Å². The quantitative estimate of drug-likeness (QED) is 0.0373. The van der Waals surface area contributed by atoms with E-state index in [0.717, 1.165) is 64.2 Å². The number of hydrogen-bond acceptors (Lipinski definition) is 5. The van der Waals surface area contributed by atoms with E-state index in [1.54, 1.807) is 0 Å². The number of allylic oxidation sites excluding steroid dienone is 12. The van der Waals surface area contributed by atoms with Crippen molar-refractivity contribution in [1.82, 2.24) is 0 Å². The molecule has 0 rings (SSSR count). The number of aliphatic hydroxyl groups is 1. The van der Waals surface area contributed by atoms with Crippen molar-refractivity contribution in [1.29, 1.82) is 0 Å². The Bertz CT molecular complexity index is 1500. The molecule has 0 aliphatic heterocycles. The Balaban J connectivity index is 3.39. The molecule has 0 aromatic rings. The number of unbranched alkanes of at least 4 members (excludes halogenated alkanes) is 52. The Hall–Kier alpha value is -2.66. The van der Waals surface area contributed by atoms with Crippen LogP contribution in [0, 0.1) is 0 Å². The fourth-order valence-electron chi connectivity index (χ4n) is 11.7. The molecule has 1 N–H and O–H groups in total. The van der Waals surface area contributed by atoms with Gasteiger partial charge in [0.2, 0.25) is 0 Å². The molecule has 0 heterocycles. The minimum atomic E-state index is -0.773. The van der Waals surface area contributed by atoms with Crippen LogP contribution >= 0.6 is 0 Å². The van der Waals surface area contributed by atoms with Crippen LogP contribution < -0.4 is 0 Å². The van der Waals surface area contributed by atoms with Crippen molar-refractivity contribution in [2.24, 2.45) is 0 Å². The molecule has 1 atom stereocenters. The van der Waals surface area contributed by atoms with Gasteiger partial charge in [0.25, 0.3) is 0 Å². The van der Waals surface area contributed by atoms with Gasteiger partial charge in [0.05, 0.1) is 6.61 Å². The molecular formula is C81H148O5. The van der Waals surface area contributed by atoms with Crippen molar-refractivity contribution in [2.45, 2.75) is 418 Å². The molecule has 0 aliphatic rings. The molecule has 0 amide bonds. The van der Waals surface area contributed by atoms with Gasteiger partial charge >= 0.3 is 11.9 Å². The number of aliphatic hydroxyl groups excluding tert-OH is 1. The maximum Gasteiger partial charge on any atom is 0.306 e. The van der Waals surface area contributed by atoms with E-state index in [-0.39, 0.29) is 25.2 Å². The monoisotopic (exact) mass is 1200 g/mol. The van der Waals surface area contributed by atoms with Crippen LogP contribution in [0.15, 0.2) is 72.9 Å². The molecule has 0 spiro atoms. The molecule has 5 heteroatoms. The van der Waals surface area contributed by atoms with Gasteiger partial charge in [-0.1, -0.05) is 382 Å². The van der Waals surface area contributed by atoms with Crippen LogP contribution in [0.5, 0.6) is 0 Å². The van der Waals surface area contributed by atoms with Crippen LogP contribution in [0.1, 0.15) is 412 Å². The third kappa shape index (κ3) is 73.8. The first-order valence-corrected chi connectivity index (χ1v) is 38.5. The number of ether oxygens (including phenoxy) is 2. The molecule has 1 unspecified atom stereocenters. The Morgan fingerprint density at radius 2 is 0.465 bits per heavy atom. The molecular weight excluding hydrogens is 1050 g/mol. The number of carbonyl (C=O) groups is 2. The van der Waals surface area contributed by atoms with Gasteiger partial charge in [-0.2, -0.15) is 0 Å². The fraction of sp³-hybridized carbons (Fsp3) is 0.827. The lowest BCUT2D eigenvalue weighted by Gasteiger charge is -2.15. The first-order chi connectivity index (χ1) is 42.6. The zero-order valence-corrected chi connectivity index (χ0v) is 57.8. The minimum Gasteiger partial charge on any atom is -0.462 e. The molecule has 0 saturated heterocycles. The molecule has 502 valence electrons. The maximum absolute atomic E-state index is 12.4. The van der Waals surface area contributed by atoms with Gasteiger partial charge in [0.1, 0.15) is 6.61 Å². The van der Waals surface area contributed by atoms with Gasteiger partial charge in [-0.15, -0.1) is 0 Å². The highest BCUT2D eigenvalue weighted by Crippen LogP contribution is 2.19. The summed E-state index contributed by atoms with van der Waals surface area (Å²) in [6.07, 6.45) is 107. The van der Waals surface area contributed by atoms with Gasteiger partial charge in [-0.05, 0) is 89.9 Å². The lowest BCUT2D eigenvalue weighted by molar-refractivity contribution is -0.161. The summed E-state index contributed by atoms with van der Waals surface area (Å²) in [5.41, 5.74) is 0. The smallest absolute Gasteiger partial charge is 0.306 e. The van der Waals surface area contributed by atoms with Crippen molar-refractivity contribution >= 4 is 11.9 Å². The summed E-state index contributed by atoms with van der Waals surface area (Å²) in [6.45, 7) is 4.17. The van der Waals surface area contributed by atoms with Crippen LogP contribution in [0.4, 0.5) is 0 Å². The Labute approximate surface area is 537 Å². The zero-order valence-electron chi connectivity index (χ0n) is 57.8. The van der Waals surface area contributed by atoms with E-state index in [1.165, 1.54) is 321 Å². The van der Waals surface area contributed by atoms with Crippen LogP contribution in [0.3, 0.4) is 0 Å². The van der Waals surface area contributed by atoms with Crippen molar-refractivity contribution < 1.29 is 24.2 Å². The molecule has 0 radical (unpaired) electrons. The van der Waals surface area contributed by atoms with Gasteiger partial charge < -0.3 is 14.6 Å². The van der Waals surface area contributed by atoms with Gasteiger partial charge in [0.15, 0.2) is 6.10 Å². The average molecular weight is 1200 g/mol. The van der Waals surface area contributed by atoms with Crippen LogP contribution in [-0.2, 0) is 19.1 Å². The summed E-state index contributed by atoms with van der Waals surface area (Å²) in [7, 11) is 0. The van der Waals surface area contributed by atoms with Gasteiger partial charge in [-0.25, -0.2) is 0 Å². The molecule has 0 aromatic carbocycles. The van der Waals surface area contributed by atoms with Gasteiger partial charge in [-0.3, -0.25) is 9.59 Å². The van der Waals surface area contributed by atoms with Crippen LogP contribution in [-0.4, -0.2) is 36.4 Å². The lowest BCUT2D eigenvalue weighted by Crippen LogP contribution is -2.28. The zero-order chi connectivity index (χ0) is 61.9. The third-order valence-corrected chi connectivity index (χ3v) is 17.5. The van der Waals surface area contributed by atoms with Crippen molar-refractivity contribution in [2.75, 3.05) is 13.2 Å². The summed E-state index contributed by atoms with van der Waals surface area (Å²) in [5.74, 6) is -0.570. The van der Waals surface area contributed by atoms with Crippen LogP contribution in [0.2, 0.25) is 0 Å². The summed E-state index contributed by atoms with van der Waals surface area (Å²) >= 11 is 0. The van der Waals surface area contributed by atoms with Gasteiger partial charge in [0, 0.05) is 12.8 Å². The number of carbonyl (C=O) groups excluding carboxylic acids is 2. The Morgan fingerprint density at radius 3 is 0.698 bits per heavy atom. The summed E-state index contributed by atoms with van der Waals surface area (Å²) in [4.78, 5) is 24.7. The highest BCUT2D eigenvalue weighted by atomic mass is 16.6. The van der Waals surface area contributed by atoms with Crippen LogP contribution in [0.25, 0.3) is 0 Å². The lowest BCUT2D eigenvalue weighted by atomic mass is 10.0. The van der Waals surface area contributed by atoms with E-state index in [2.05, 4.69) is 86.8 Å². The van der Waals surface area contributed by atoms with E-state index in [1.807, 2.05) is 0 Å².